The third-order valence-corrected chi connectivity index (χ3v) is 3.26. The summed E-state index contributed by atoms with van der Waals surface area (Å²) >= 11 is 0. The number of aromatic nitrogens is 1. The van der Waals surface area contributed by atoms with E-state index < -0.39 is 5.97 Å². The lowest BCUT2D eigenvalue weighted by Gasteiger charge is -2.12. The van der Waals surface area contributed by atoms with Gasteiger partial charge in [0.1, 0.15) is 0 Å². The van der Waals surface area contributed by atoms with Gasteiger partial charge in [-0.2, -0.15) is 0 Å². The van der Waals surface area contributed by atoms with E-state index in [-0.39, 0.29) is 24.1 Å². The predicted octanol–water partition coefficient (Wildman–Crippen LogP) is 2.63. The molecule has 0 spiro atoms. The number of carboxylic acids is 1. The van der Waals surface area contributed by atoms with Crippen molar-refractivity contribution >= 4 is 11.9 Å². The van der Waals surface area contributed by atoms with E-state index in [9.17, 15) is 9.59 Å². The summed E-state index contributed by atoms with van der Waals surface area (Å²) < 4.78 is 5.33. The summed E-state index contributed by atoms with van der Waals surface area (Å²) in [5, 5.41) is 11.4. The Kier molecular flexibility index (Phi) is 4.93. The Bertz CT molecular complexity index is 661. The zero-order chi connectivity index (χ0) is 16.1. The normalized spacial score (nSPS) is 11.9. The van der Waals surface area contributed by atoms with Crippen LogP contribution in [0.2, 0.25) is 0 Å². The van der Waals surface area contributed by atoms with Crippen molar-refractivity contribution in [2.24, 2.45) is 0 Å². The number of aryl methyl sites for hydroxylation is 1. The van der Waals surface area contributed by atoms with Crippen molar-refractivity contribution in [2.75, 3.05) is 0 Å². The van der Waals surface area contributed by atoms with Gasteiger partial charge in [0.15, 0.2) is 17.8 Å². The standard InChI is InChI=1S/C16H18N2O4/c1-10-3-6-12(7-4-10)15-14(17-9-22-15)16(21)18-11(2)5-8-13(19)20/h3-4,6-7,9,11H,5,8H2,1-2H3,(H,18,21)(H,19,20). The number of amides is 1. The molecule has 0 aliphatic heterocycles. The molecule has 0 aliphatic carbocycles. The maximum Gasteiger partial charge on any atom is 0.303 e. The Labute approximate surface area is 128 Å². The monoisotopic (exact) mass is 302 g/mol. The van der Waals surface area contributed by atoms with Crippen LogP contribution in [0.15, 0.2) is 35.1 Å². The molecule has 22 heavy (non-hydrogen) atoms. The molecule has 0 bridgehead atoms. The quantitative estimate of drug-likeness (QED) is 0.855. The number of carbonyl (C=O) groups is 2. The molecule has 0 saturated carbocycles. The van der Waals surface area contributed by atoms with Crippen LogP contribution in [0.3, 0.4) is 0 Å². The lowest BCUT2D eigenvalue weighted by Crippen LogP contribution is -2.33. The van der Waals surface area contributed by atoms with Crippen molar-refractivity contribution in [2.45, 2.75) is 32.7 Å². The molecule has 116 valence electrons. The van der Waals surface area contributed by atoms with Gasteiger partial charge in [0.25, 0.3) is 5.91 Å². The van der Waals surface area contributed by atoms with E-state index in [1.54, 1.807) is 6.92 Å². The number of carbonyl (C=O) groups excluding carboxylic acids is 1. The smallest absolute Gasteiger partial charge is 0.303 e. The fraction of sp³-hybridized carbons (Fsp3) is 0.312. The first-order valence-electron chi connectivity index (χ1n) is 7.00. The number of aliphatic carboxylic acids is 1. The van der Waals surface area contributed by atoms with E-state index in [1.807, 2.05) is 31.2 Å². The molecular weight excluding hydrogens is 284 g/mol. The second-order valence-electron chi connectivity index (χ2n) is 5.20. The van der Waals surface area contributed by atoms with Gasteiger partial charge >= 0.3 is 5.97 Å². The van der Waals surface area contributed by atoms with Gasteiger partial charge in [0.2, 0.25) is 0 Å². The molecule has 0 aliphatic rings. The van der Waals surface area contributed by atoms with Crippen LogP contribution in [-0.4, -0.2) is 28.0 Å². The second-order valence-corrected chi connectivity index (χ2v) is 5.20. The summed E-state index contributed by atoms with van der Waals surface area (Å²) in [6.45, 7) is 3.73. The van der Waals surface area contributed by atoms with Crippen LogP contribution in [0, 0.1) is 6.92 Å². The minimum absolute atomic E-state index is 0.00504. The molecule has 1 aromatic heterocycles. The molecule has 1 amide bonds. The first-order chi connectivity index (χ1) is 10.5. The van der Waals surface area contributed by atoms with Gasteiger partial charge in [-0.1, -0.05) is 29.8 Å². The van der Waals surface area contributed by atoms with Crippen LogP contribution in [-0.2, 0) is 4.79 Å². The first-order valence-corrected chi connectivity index (χ1v) is 7.00. The molecule has 0 radical (unpaired) electrons. The summed E-state index contributed by atoms with van der Waals surface area (Å²) in [7, 11) is 0. The van der Waals surface area contributed by atoms with Crippen LogP contribution in [0.5, 0.6) is 0 Å². The van der Waals surface area contributed by atoms with Crippen molar-refractivity contribution in [1.82, 2.24) is 10.3 Å². The summed E-state index contributed by atoms with van der Waals surface area (Å²) in [6.07, 6.45) is 1.59. The van der Waals surface area contributed by atoms with Gasteiger partial charge in [-0.3, -0.25) is 9.59 Å². The van der Waals surface area contributed by atoms with Crippen LogP contribution in [0.1, 0.15) is 35.8 Å². The van der Waals surface area contributed by atoms with Gasteiger partial charge < -0.3 is 14.8 Å². The minimum Gasteiger partial charge on any atom is -0.481 e. The first kappa shape index (κ1) is 15.8. The summed E-state index contributed by atoms with van der Waals surface area (Å²) in [6, 6.07) is 7.32. The fourth-order valence-electron chi connectivity index (χ4n) is 2.02. The lowest BCUT2D eigenvalue weighted by atomic mass is 10.1. The second kappa shape index (κ2) is 6.89. The largest absolute Gasteiger partial charge is 0.481 e. The summed E-state index contributed by atoms with van der Waals surface area (Å²) in [5.74, 6) is -0.854. The van der Waals surface area contributed by atoms with E-state index in [2.05, 4.69) is 10.3 Å². The Morgan fingerprint density at radius 1 is 1.32 bits per heavy atom. The van der Waals surface area contributed by atoms with Gasteiger partial charge in [0, 0.05) is 18.0 Å². The van der Waals surface area contributed by atoms with Crippen LogP contribution < -0.4 is 5.32 Å². The molecule has 6 nitrogen and oxygen atoms in total. The molecule has 1 heterocycles. The molecule has 1 atom stereocenters. The molecule has 1 aromatic carbocycles. The molecule has 0 saturated heterocycles. The SMILES string of the molecule is Cc1ccc(-c2ocnc2C(=O)NC(C)CCC(=O)O)cc1. The number of carboxylic acid groups (broad SMARTS) is 1. The maximum absolute atomic E-state index is 12.2. The zero-order valence-electron chi connectivity index (χ0n) is 12.5. The predicted molar refractivity (Wildman–Crippen MR) is 80.5 cm³/mol. The summed E-state index contributed by atoms with van der Waals surface area (Å²) in [4.78, 5) is 26.8. The fourth-order valence-corrected chi connectivity index (χ4v) is 2.02. The van der Waals surface area contributed by atoms with E-state index in [1.165, 1.54) is 6.39 Å². The number of nitrogens with one attached hydrogen (secondary N) is 1. The molecule has 6 heteroatoms. The number of benzene rings is 1. The Balaban J connectivity index is 2.10. The average molecular weight is 302 g/mol. The third-order valence-electron chi connectivity index (χ3n) is 3.26. The number of rotatable bonds is 6. The van der Waals surface area contributed by atoms with Gasteiger partial charge in [-0.25, -0.2) is 4.98 Å². The minimum atomic E-state index is -0.886. The molecular formula is C16H18N2O4. The number of hydrogen-bond acceptors (Lipinski definition) is 4. The summed E-state index contributed by atoms with van der Waals surface area (Å²) in [5.41, 5.74) is 2.08. The zero-order valence-corrected chi connectivity index (χ0v) is 12.5. The molecule has 2 N–H and O–H groups in total. The lowest BCUT2D eigenvalue weighted by molar-refractivity contribution is -0.137. The van der Waals surface area contributed by atoms with Crippen molar-refractivity contribution < 1.29 is 19.1 Å². The van der Waals surface area contributed by atoms with E-state index >= 15 is 0 Å². The highest BCUT2D eigenvalue weighted by molar-refractivity contribution is 5.97. The Morgan fingerprint density at radius 2 is 2.00 bits per heavy atom. The topological polar surface area (TPSA) is 92.4 Å². The molecule has 0 fully saturated rings. The Hall–Kier alpha value is -2.63. The van der Waals surface area contributed by atoms with Crippen LogP contribution in [0.25, 0.3) is 11.3 Å². The van der Waals surface area contributed by atoms with E-state index in [0.29, 0.717) is 12.2 Å². The number of hydrogen-bond donors (Lipinski definition) is 2. The van der Waals surface area contributed by atoms with Crippen molar-refractivity contribution in [3.05, 3.63) is 41.9 Å². The van der Waals surface area contributed by atoms with Crippen LogP contribution >= 0.6 is 0 Å². The van der Waals surface area contributed by atoms with Gasteiger partial charge in [0.05, 0.1) is 0 Å². The van der Waals surface area contributed by atoms with E-state index in [0.717, 1.165) is 11.1 Å². The number of nitrogens with zero attached hydrogens (tertiary/aromatic N) is 1. The highest BCUT2D eigenvalue weighted by atomic mass is 16.4. The highest BCUT2D eigenvalue weighted by Crippen LogP contribution is 2.23. The third kappa shape index (κ3) is 3.94. The van der Waals surface area contributed by atoms with Gasteiger partial charge in [-0.05, 0) is 20.3 Å². The van der Waals surface area contributed by atoms with Crippen molar-refractivity contribution in [3.8, 4) is 11.3 Å². The Morgan fingerprint density at radius 3 is 2.64 bits per heavy atom. The highest BCUT2D eigenvalue weighted by Gasteiger charge is 2.19. The molecule has 2 rings (SSSR count). The van der Waals surface area contributed by atoms with Gasteiger partial charge in [-0.15, -0.1) is 0 Å². The average Bonchev–Trinajstić information content (AvgIpc) is 2.95. The maximum atomic E-state index is 12.2. The molecule has 2 aromatic rings. The van der Waals surface area contributed by atoms with E-state index in [4.69, 9.17) is 9.52 Å². The van der Waals surface area contributed by atoms with Crippen molar-refractivity contribution in [1.29, 1.82) is 0 Å². The van der Waals surface area contributed by atoms with Crippen LogP contribution in [0.4, 0.5) is 0 Å². The molecule has 1 unspecified atom stereocenters. The van der Waals surface area contributed by atoms with Crippen molar-refractivity contribution in [3.63, 3.8) is 0 Å². The number of oxazole rings is 1.